The molecular weight excluding hydrogens is 232 g/mol. The smallest absolute Gasteiger partial charge is 0.312 e. The predicted octanol–water partition coefficient (Wildman–Crippen LogP) is 0.996. The monoisotopic (exact) mass is 248 g/mol. The molecule has 0 saturated heterocycles. The van der Waals surface area contributed by atoms with Crippen LogP contribution in [0.15, 0.2) is 0 Å². The summed E-state index contributed by atoms with van der Waals surface area (Å²) in [5.74, 6) is -0.487. The summed E-state index contributed by atoms with van der Waals surface area (Å²) in [7, 11) is -3.58. The summed E-state index contributed by atoms with van der Waals surface area (Å²) < 4.78 is 27.2. The molecule has 0 aromatic heterocycles. The van der Waals surface area contributed by atoms with Crippen LogP contribution in [0.5, 0.6) is 0 Å². The molecule has 5 nitrogen and oxygen atoms in total. The van der Waals surface area contributed by atoms with Gasteiger partial charge in [-0.2, -0.15) is 8.42 Å². The molecule has 0 unspecified atom stereocenters. The molecule has 2 bridgehead atoms. The Morgan fingerprint density at radius 2 is 2.06 bits per heavy atom. The van der Waals surface area contributed by atoms with Gasteiger partial charge in [-0.05, 0) is 38.0 Å². The van der Waals surface area contributed by atoms with E-state index in [0.29, 0.717) is 25.2 Å². The Hall–Kier alpha value is -0.620. The molecule has 0 aromatic rings. The summed E-state index contributed by atoms with van der Waals surface area (Å²) >= 11 is 0. The Morgan fingerprint density at radius 1 is 1.38 bits per heavy atom. The lowest BCUT2D eigenvalue weighted by atomic mass is 9.73. The molecule has 2 rings (SSSR count). The number of hydrogen-bond donors (Lipinski definition) is 1. The van der Waals surface area contributed by atoms with Gasteiger partial charge in [0.25, 0.3) is 10.1 Å². The van der Waals surface area contributed by atoms with Crippen molar-refractivity contribution in [3.05, 3.63) is 0 Å². The molecule has 0 radical (unpaired) electrons. The summed E-state index contributed by atoms with van der Waals surface area (Å²) in [4.78, 5) is 11.4. The van der Waals surface area contributed by atoms with Crippen LogP contribution in [0.3, 0.4) is 0 Å². The van der Waals surface area contributed by atoms with E-state index < -0.39 is 27.6 Å². The molecular formula is C10H16O5S. The van der Waals surface area contributed by atoms with Crippen LogP contribution >= 0.6 is 0 Å². The second-order valence-electron chi connectivity index (χ2n) is 4.94. The molecule has 0 spiro atoms. The standard InChI is InChI=1S/C10H16O5S/c1-16(13,14)15-8-3-2-7-4-5-10(8,6-7)9(11)12/h7-8H,2-6H2,1H3,(H,11,12)/t7-,8+,10-/m0/s1. The van der Waals surface area contributed by atoms with E-state index in [4.69, 9.17) is 4.18 Å². The van der Waals surface area contributed by atoms with Gasteiger partial charge in [-0.15, -0.1) is 0 Å². The normalized spacial score (nSPS) is 38.6. The van der Waals surface area contributed by atoms with Crippen LogP contribution in [0, 0.1) is 11.3 Å². The maximum absolute atomic E-state index is 11.4. The fourth-order valence-electron chi connectivity index (χ4n) is 3.07. The number of aliphatic carboxylic acids is 1. The lowest BCUT2D eigenvalue weighted by Crippen LogP contribution is -2.45. The van der Waals surface area contributed by atoms with Crippen molar-refractivity contribution in [1.29, 1.82) is 0 Å². The number of hydrogen-bond acceptors (Lipinski definition) is 4. The highest BCUT2D eigenvalue weighted by molar-refractivity contribution is 7.86. The maximum Gasteiger partial charge on any atom is 0.312 e. The van der Waals surface area contributed by atoms with E-state index in [-0.39, 0.29) is 0 Å². The average Bonchev–Trinajstić information content (AvgIpc) is 2.49. The first kappa shape index (κ1) is 11.9. The van der Waals surface area contributed by atoms with Gasteiger partial charge in [0.05, 0.1) is 17.8 Å². The second-order valence-corrected chi connectivity index (χ2v) is 6.54. The highest BCUT2D eigenvalue weighted by Gasteiger charge is 2.55. The van der Waals surface area contributed by atoms with Gasteiger partial charge in [0, 0.05) is 0 Å². The molecule has 1 N–H and O–H groups in total. The van der Waals surface area contributed by atoms with Crippen molar-refractivity contribution in [2.45, 2.75) is 38.2 Å². The third-order valence-electron chi connectivity index (χ3n) is 3.82. The van der Waals surface area contributed by atoms with Crippen molar-refractivity contribution in [2.75, 3.05) is 6.26 Å². The average molecular weight is 248 g/mol. The highest BCUT2D eigenvalue weighted by Crippen LogP contribution is 2.52. The number of carboxylic acids is 1. The molecule has 2 saturated carbocycles. The SMILES string of the molecule is CS(=O)(=O)O[C@@H]1CC[C@H]2CC[C@]1(C(=O)O)C2. The van der Waals surface area contributed by atoms with E-state index in [1.807, 2.05) is 0 Å². The zero-order valence-corrected chi connectivity index (χ0v) is 10.00. The largest absolute Gasteiger partial charge is 0.481 e. The Labute approximate surface area is 94.9 Å². The lowest BCUT2D eigenvalue weighted by Gasteiger charge is -2.36. The van der Waals surface area contributed by atoms with Gasteiger partial charge in [0.15, 0.2) is 0 Å². The van der Waals surface area contributed by atoms with Crippen LogP contribution in [0.2, 0.25) is 0 Å². The van der Waals surface area contributed by atoms with Gasteiger partial charge in [-0.3, -0.25) is 8.98 Å². The maximum atomic E-state index is 11.4. The van der Waals surface area contributed by atoms with Crippen LogP contribution in [0.4, 0.5) is 0 Å². The topological polar surface area (TPSA) is 80.7 Å². The third-order valence-corrected chi connectivity index (χ3v) is 4.40. The third kappa shape index (κ3) is 1.96. The molecule has 16 heavy (non-hydrogen) atoms. The van der Waals surface area contributed by atoms with Gasteiger partial charge in [0.2, 0.25) is 0 Å². The molecule has 0 aliphatic heterocycles. The Bertz CT molecular complexity index is 401. The van der Waals surface area contributed by atoms with Gasteiger partial charge >= 0.3 is 5.97 Å². The Balaban J connectivity index is 2.26. The van der Waals surface area contributed by atoms with Gasteiger partial charge in [-0.1, -0.05) is 0 Å². The molecule has 0 amide bonds. The quantitative estimate of drug-likeness (QED) is 0.753. The van der Waals surface area contributed by atoms with Gasteiger partial charge in [-0.25, -0.2) is 0 Å². The molecule has 92 valence electrons. The minimum Gasteiger partial charge on any atom is -0.481 e. The first-order chi connectivity index (χ1) is 7.33. The molecule has 2 aliphatic rings. The molecule has 0 aromatic carbocycles. The van der Waals surface area contributed by atoms with E-state index in [1.54, 1.807) is 0 Å². The van der Waals surface area contributed by atoms with Crippen LogP contribution in [0.1, 0.15) is 32.1 Å². The highest BCUT2D eigenvalue weighted by atomic mass is 32.2. The van der Waals surface area contributed by atoms with E-state index in [9.17, 15) is 18.3 Å². The first-order valence-corrected chi connectivity index (χ1v) is 7.27. The molecule has 2 fully saturated rings. The summed E-state index contributed by atoms with van der Waals surface area (Å²) in [5.41, 5.74) is -0.966. The van der Waals surface area contributed by atoms with Crippen LogP contribution < -0.4 is 0 Å². The van der Waals surface area contributed by atoms with Gasteiger partial charge in [0.1, 0.15) is 0 Å². The fraction of sp³-hybridized carbons (Fsp3) is 0.900. The first-order valence-electron chi connectivity index (χ1n) is 5.45. The van der Waals surface area contributed by atoms with E-state index in [1.165, 1.54) is 0 Å². The van der Waals surface area contributed by atoms with E-state index >= 15 is 0 Å². The zero-order valence-electron chi connectivity index (χ0n) is 9.18. The summed E-state index contributed by atoms with van der Waals surface area (Å²) in [6.07, 6.45) is 3.66. The van der Waals surface area contributed by atoms with Crippen molar-refractivity contribution in [3.63, 3.8) is 0 Å². The van der Waals surface area contributed by atoms with Crippen molar-refractivity contribution >= 4 is 16.1 Å². The molecule has 3 atom stereocenters. The zero-order chi connectivity index (χ0) is 12.0. The van der Waals surface area contributed by atoms with Crippen LogP contribution in [-0.2, 0) is 19.1 Å². The lowest BCUT2D eigenvalue weighted by molar-refractivity contribution is -0.156. The number of rotatable bonds is 3. The number of carboxylic acid groups (broad SMARTS) is 1. The second kappa shape index (κ2) is 3.70. The van der Waals surface area contributed by atoms with Crippen molar-refractivity contribution in [2.24, 2.45) is 11.3 Å². The molecule has 0 heterocycles. The number of carbonyl (C=O) groups is 1. The van der Waals surface area contributed by atoms with Crippen LogP contribution in [-0.4, -0.2) is 31.9 Å². The van der Waals surface area contributed by atoms with E-state index in [2.05, 4.69) is 0 Å². The molecule has 2 aliphatic carbocycles. The Morgan fingerprint density at radius 3 is 2.62 bits per heavy atom. The van der Waals surface area contributed by atoms with Crippen LogP contribution in [0.25, 0.3) is 0 Å². The summed E-state index contributed by atoms with van der Waals surface area (Å²) in [6, 6.07) is 0. The summed E-state index contributed by atoms with van der Waals surface area (Å²) in [5, 5.41) is 9.31. The minimum absolute atomic E-state index is 0.426. The molecule has 6 heteroatoms. The van der Waals surface area contributed by atoms with Crippen molar-refractivity contribution < 1.29 is 22.5 Å². The van der Waals surface area contributed by atoms with Crippen molar-refractivity contribution in [1.82, 2.24) is 0 Å². The van der Waals surface area contributed by atoms with Gasteiger partial charge < -0.3 is 5.11 Å². The van der Waals surface area contributed by atoms with Crippen molar-refractivity contribution in [3.8, 4) is 0 Å². The predicted molar refractivity (Wildman–Crippen MR) is 56.4 cm³/mol. The Kier molecular flexibility index (Phi) is 2.74. The fourth-order valence-corrected chi connectivity index (χ4v) is 3.77. The number of fused-ring (bicyclic) bond motifs is 2. The van der Waals surface area contributed by atoms with E-state index in [0.717, 1.165) is 19.1 Å². The summed E-state index contributed by atoms with van der Waals surface area (Å²) in [6.45, 7) is 0. The minimum atomic E-state index is -3.58.